The molecule has 2 aromatic rings. The molecule has 1 fully saturated rings. The fourth-order valence-electron chi connectivity index (χ4n) is 2.88. The van der Waals surface area contributed by atoms with Gasteiger partial charge < -0.3 is 5.73 Å². The molecule has 0 saturated heterocycles. The highest BCUT2D eigenvalue weighted by Crippen LogP contribution is 2.38. The first-order valence-electron chi connectivity index (χ1n) is 7.51. The monoisotopic (exact) mass is 303 g/mol. The Morgan fingerprint density at radius 3 is 2.62 bits per heavy atom. The second-order valence-electron chi connectivity index (χ2n) is 5.65. The third kappa shape index (κ3) is 3.27. The van der Waals surface area contributed by atoms with Crippen LogP contribution in [0.15, 0.2) is 35.5 Å². The molecule has 2 N–H and O–H groups in total. The molecule has 3 rings (SSSR count). The van der Waals surface area contributed by atoms with Gasteiger partial charge in [0.1, 0.15) is 0 Å². The van der Waals surface area contributed by atoms with Gasteiger partial charge in [-0.15, -0.1) is 5.10 Å². The molecule has 1 aliphatic carbocycles. The van der Waals surface area contributed by atoms with E-state index in [9.17, 15) is 0 Å². The van der Waals surface area contributed by atoms with E-state index in [-0.39, 0.29) is 11.3 Å². The Hall–Kier alpha value is -1.40. The number of benzene rings is 1. The molecule has 1 aliphatic rings. The SMILES string of the molecule is CC(N)C(Sc1nnnn1C1CCCC1)c1ccccc1. The number of thioether (sulfide) groups is 1. The van der Waals surface area contributed by atoms with E-state index in [1.807, 2.05) is 29.8 Å². The molecule has 1 aromatic heterocycles. The van der Waals surface area contributed by atoms with E-state index in [1.165, 1.54) is 31.2 Å². The third-order valence-electron chi connectivity index (χ3n) is 3.97. The van der Waals surface area contributed by atoms with Gasteiger partial charge in [-0.2, -0.15) is 0 Å². The minimum atomic E-state index is 0.0335. The molecule has 0 spiro atoms. The topological polar surface area (TPSA) is 69.6 Å². The summed E-state index contributed by atoms with van der Waals surface area (Å²) in [4.78, 5) is 0. The molecule has 112 valence electrons. The van der Waals surface area contributed by atoms with Crippen molar-refractivity contribution >= 4 is 11.8 Å². The molecule has 0 aliphatic heterocycles. The molecule has 2 atom stereocenters. The fraction of sp³-hybridized carbons (Fsp3) is 0.533. The average Bonchev–Trinajstić information content (AvgIpc) is 3.16. The van der Waals surface area contributed by atoms with Crippen LogP contribution < -0.4 is 5.73 Å². The Balaban J connectivity index is 1.82. The van der Waals surface area contributed by atoms with Gasteiger partial charge in [0.15, 0.2) is 0 Å². The summed E-state index contributed by atoms with van der Waals surface area (Å²) in [5.41, 5.74) is 7.41. The molecule has 0 radical (unpaired) electrons. The lowest BCUT2D eigenvalue weighted by atomic mass is 10.1. The van der Waals surface area contributed by atoms with E-state index in [1.54, 1.807) is 11.8 Å². The Morgan fingerprint density at radius 2 is 1.95 bits per heavy atom. The van der Waals surface area contributed by atoms with E-state index in [0.29, 0.717) is 6.04 Å². The molecule has 5 nitrogen and oxygen atoms in total. The maximum atomic E-state index is 6.19. The van der Waals surface area contributed by atoms with Crippen LogP contribution >= 0.6 is 11.8 Å². The first-order chi connectivity index (χ1) is 10.3. The molecule has 1 saturated carbocycles. The van der Waals surface area contributed by atoms with Crippen molar-refractivity contribution in [3.05, 3.63) is 35.9 Å². The van der Waals surface area contributed by atoms with E-state index >= 15 is 0 Å². The Bertz CT molecular complexity index is 562. The average molecular weight is 303 g/mol. The smallest absolute Gasteiger partial charge is 0.210 e. The largest absolute Gasteiger partial charge is 0.327 e. The van der Waals surface area contributed by atoms with Gasteiger partial charge in [0.25, 0.3) is 0 Å². The van der Waals surface area contributed by atoms with Gasteiger partial charge in [0, 0.05) is 6.04 Å². The number of hydrogen-bond donors (Lipinski definition) is 1. The maximum absolute atomic E-state index is 6.19. The molecule has 0 amide bonds. The molecular weight excluding hydrogens is 282 g/mol. The third-order valence-corrected chi connectivity index (χ3v) is 5.41. The molecule has 1 aromatic carbocycles. The summed E-state index contributed by atoms with van der Waals surface area (Å²) in [7, 11) is 0. The highest BCUT2D eigenvalue weighted by molar-refractivity contribution is 7.99. The van der Waals surface area contributed by atoms with Crippen LogP contribution in [0.2, 0.25) is 0 Å². The van der Waals surface area contributed by atoms with Crippen LogP contribution in [-0.4, -0.2) is 26.2 Å². The van der Waals surface area contributed by atoms with Crippen LogP contribution in [0, 0.1) is 0 Å². The van der Waals surface area contributed by atoms with Crippen LogP contribution in [0.25, 0.3) is 0 Å². The summed E-state index contributed by atoms with van der Waals surface area (Å²) in [6.45, 7) is 2.04. The van der Waals surface area contributed by atoms with E-state index in [4.69, 9.17) is 5.73 Å². The van der Waals surface area contributed by atoms with Gasteiger partial charge >= 0.3 is 0 Å². The Morgan fingerprint density at radius 1 is 1.24 bits per heavy atom. The number of nitrogens with zero attached hydrogens (tertiary/aromatic N) is 4. The van der Waals surface area contributed by atoms with Crippen molar-refractivity contribution in [3.63, 3.8) is 0 Å². The predicted molar refractivity (Wildman–Crippen MR) is 84.0 cm³/mol. The lowest BCUT2D eigenvalue weighted by Gasteiger charge is -2.21. The van der Waals surface area contributed by atoms with Crippen molar-refractivity contribution in [1.82, 2.24) is 20.2 Å². The van der Waals surface area contributed by atoms with Crippen LogP contribution in [-0.2, 0) is 0 Å². The van der Waals surface area contributed by atoms with Crippen LogP contribution in [0.3, 0.4) is 0 Å². The first-order valence-corrected chi connectivity index (χ1v) is 8.38. The summed E-state index contributed by atoms with van der Waals surface area (Å²) in [6.07, 6.45) is 4.88. The molecule has 6 heteroatoms. The lowest BCUT2D eigenvalue weighted by molar-refractivity contribution is 0.422. The molecule has 2 unspecified atom stereocenters. The Labute approximate surface area is 129 Å². The van der Waals surface area contributed by atoms with Crippen molar-refractivity contribution < 1.29 is 0 Å². The van der Waals surface area contributed by atoms with E-state index < -0.39 is 0 Å². The van der Waals surface area contributed by atoms with Gasteiger partial charge in [0.2, 0.25) is 5.16 Å². The van der Waals surface area contributed by atoms with Crippen molar-refractivity contribution in [2.75, 3.05) is 0 Å². The number of nitrogens with two attached hydrogens (primary N) is 1. The summed E-state index contributed by atoms with van der Waals surface area (Å²) >= 11 is 1.67. The van der Waals surface area contributed by atoms with Crippen molar-refractivity contribution in [3.8, 4) is 0 Å². The Kier molecular flexibility index (Phi) is 4.55. The minimum Gasteiger partial charge on any atom is -0.327 e. The standard InChI is InChI=1S/C15H21N5S/c1-11(16)14(12-7-3-2-4-8-12)21-15-17-18-19-20(15)13-9-5-6-10-13/h2-4,7-8,11,13-14H,5-6,9-10,16H2,1H3. The molecule has 21 heavy (non-hydrogen) atoms. The second-order valence-corrected chi connectivity index (χ2v) is 6.76. The van der Waals surface area contributed by atoms with Gasteiger partial charge in [-0.05, 0) is 35.8 Å². The number of hydrogen-bond acceptors (Lipinski definition) is 5. The number of rotatable bonds is 5. The van der Waals surface area contributed by atoms with E-state index in [2.05, 4.69) is 27.7 Å². The van der Waals surface area contributed by atoms with Gasteiger partial charge in [-0.25, -0.2) is 4.68 Å². The van der Waals surface area contributed by atoms with Crippen LogP contribution in [0.1, 0.15) is 49.5 Å². The zero-order chi connectivity index (χ0) is 14.7. The van der Waals surface area contributed by atoms with Crippen molar-refractivity contribution in [2.45, 2.75) is 55.1 Å². The van der Waals surface area contributed by atoms with Gasteiger partial charge in [-0.3, -0.25) is 0 Å². The molecular formula is C15H21N5S. The zero-order valence-corrected chi connectivity index (χ0v) is 13.0. The highest BCUT2D eigenvalue weighted by Gasteiger charge is 2.25. The summed E-state index contributed by atoms with van der Waals surface area (Å²) in [6, 6.07) is 10.8. The maximum Gasteiger partial charge on any atom is 0.210 e. The molecule has 1 heterocycles. The van der Waals surface area contributed by atoms with Crippen molar-refractivity contribution in [2.24, 2.45) is 5.73 Å². The molecule has 0 bridgehead atoms. The summed E-state index contributed by atoms with van der Waals surface area (Å²) < 4.78 is 2.00. The number of tetrazole rings is 1. The number of aromatic nitrogens is 4. The normalized spacial score (nSPS) is 18.8. The van der Waals surface area contributed by atoms with Crippen LogP contribution in [0.5, 0.6) is 0 Å². The highest BCUT2D eigenvalue weighted by atomic mass is 32.2. The first kappa shape index (κ1) is 14.5. The summed E-state index contributed by atoms with van der Waals surface area (Å²) in [5.74, 6) is 0. The summed E-state index contributed by atoms with van der Waals surface area (Å²) in [5, 5.41) is 13.3. The fourth-order valence-corrected chi connectivity index (χ4v) is 3.99. The second kappa shape index (κ2) is 6.58. The minimum absolute atomic E-state index is 0.0335. The zero-order valence-electron chi connectivity index (χ0n) is 12.2. The lowest BCUT2D eigenvalue weighted by Crippen LogP contribution is -2.23. The van der Waals surface area contributed by atoms with Gasteiger partial charge in [0.05, 0.1) is 11.3 Å². The van der Waals surface area contributed by atoms with E-state index in [0.717, 1.165) is 5.16 Å². The predicted octanol–water partition coefficient (Wildman–Crippen LogP) is 2.97. The van der Waals surface area contributed by atoms with Gasteiger partial charge in [-0.1, -0.05) is 54.9 Å². The van der Waals surface area contributed by atoms with Crippen LogP contribution in [0.4, 0.5) is 0 Å². The quantitative estimate of drug-likeness (QED) is 0.860. The van der Waals surface area contributed by atoms with Crippen molar-refractivity contribution in [1.29, 1.82) is 0 Å².